The van der Waals surface area contributed by atoms with Crippen LogP contribution in [0.1, 0.15) is 25.3 Å². The van der Waals surface area contributed by atoms with Crippen molar-refractivity contribution in [3.05, 3.63) is 29.6 Å². The van der Waals surface area contributed by atoms with Crippen LogP contribution in [0, 0.1) is 18.7 Å². The first-order valence-electron chi connectivity index (χ1n) is 6.76. The monoisotopic (exact) mass is 315 g/mol. The number of benzene rings is 1. The highest BCUT2D eigenvalue weighted by molar-refractivity contribution is 7.89. The molecule has 1 N–H and O–H groups in total. The van der Waals surface area contributed by atoms with Crippen molar-refractivity contribution < 1.29 is 22.7 Å². The number of hydrogen-bond acceptors (Lipinski definition) is 3. The molecule has 2 rings (SSSR count). The summed E-state index contributed by atoms with van der Waals surface area (Å²) < 4.78 is 39.8. The number of piperidine rings is 1. The van der Waals surface area contributed by atoms with Crippen LogP contribution in [-0.2, 0) is 14.8 Å². The second kappa shape index (κ2) is 5.73. The zero-order valence-electron chi connectivity index (χ0n) is 11.9. The van der Waals surface area contributed by atoms with Crippen molar-refractivity contribution in [2.45, 2.75) is 37.6 Å². The zero-order valence-corrected chi connectivity index (χ0v) is 12.7. The van der Waals surface area contributed by atoms with Gasteiger partial charge in [0.1, 0.15) is 5.82 Å². The molecule has 1 aliphatic heterocycles. The number of aryl methyl sites for hydroxylation is 1. The Hall–Kier alpha value is -1.47. The van der Waals surface area contributed by atoms with E-state index in [9.17, 15) is 22.7 Å². The van der Waals surface area contributed by atoms with Gasteiger partial charge in [0, 0.05) is 12.6 Å². The van der Waals surface area contributed by atoms with E-state index in [4.69, 9.17) is 0 Å². The van der Waals surface area contributed by atoms with Gasteiger partial charge in [0.25, 0.3) is 0 Å². The van der Waals surface area contributed by atoms with Crippen LogP contribution in [0.15, 0.2) is 23.1 Å². The van der Waals surface area contributed by atoms with Crippen LogP contribution in [0.5, 0.6) is 0 Å². The Labute approximate surface area is 123 Å². The lowest BCUT2D eigenvalue weighted by atomic mass is 9.92. The summed E-state index contributed by atoms with van der Waals surface area (Å²) >= 11 is 0. The summed E-state index contributed by atoms with van der Waals surface area (Å²) in [4.78, 5) is 11.2. The molecule has 1 heterocycles. The van der Waals surface area contributed by atoms with Crippen molar-refractivity contribution >= 4 is 16.0 Å². The standard InChI is InChI=1S/C14H18FNO4S/c1-9-8-11(15)5-6-13(9)21(19,20)16-7-3-4-12(10(16)2)14(17)18/h5-6,8,10,12H,3-4,7H2,1-2H3,(H,17,18)/t10-,12-/m1/s1. The largest absolute Gasteiger partial charge is 0.481 e. The summed E-state index contributed by atoms with van der Waals surface area (Å²) in [6.07, 6.45) is 0.964. The third-order valence-corrected chi connectivity index (χ3v) is 6.12. The SMILES string of the molecule is Cc1cc(F)ccc1S(=O)(=O)N1CCC[C@@H](C(=O)O)[C@H]1C. The molecule has 1 saturated heterocycles. The quantitative estimate of drug-likeness (QED) is 0.926. The van der Waals surface area contributed by atoms with Crippen molar-refractivity contribution in [2.24, 2.45) is 5.92 Å². The van der Waals surface area contributed by atoms with E-state index in [1.54, 1.807) is 6.92 Å². The van der Waals surface area contributed by atoms with E-state index in [2.05, 4.69) is 0 Å². The van der Waals surface area contributed by atoms with Crippen molar-refractivity contribution in [1.82, 2.24) is 4.31 Å². The minimum Gasteiger partial charge on any atom is -0.481 e. The van der Waals surface area contributed by atoms with Gasteiger partial charge in [0.2, 0.25) is 10.0 Å². The van der Waals surface area contributed by atoms with Gasteiger partial charge in [-0.25, -0.2) is 12.8 Å². The van der Waals surface area contributed by atoms with Crippen LogP contribution >= 0.6 is 0 Å². The normalized spacial score (nSPS) is 24.0. The smallest absolute Gasteiger partial charge is 0.308 e. The van der Waals surface area contributed by atoms with Gasteiger partial charge < -0.3 is 5.11 Å². The number of halogens is 1. The number of carboxylic acids is 1. The molecule has 1 fully saturated rings. The number of hydrogen-bond donors (Lipinski definition) is 1. The molecule has 0 saturated carbocycles. The third-order valence-electron chi connectivity index (χ3n) is 3.97. The highest BCUT2D eigenvalue weighted by atomic mass is 32.2. The molecule has 0 spiro atoms. The molecule has 0 bridgehead atoms. The fourth-order valence-electron chi connectivity index (χ4n) is 2.81. The van der Waals surface area contributed by atoms with Crippen molar-refractivity contribution in [3.63, 3.8) is 0 Å². The molecule has 1 aromatic carbocycles. The Morgan fingerprint density at radius 1 is 1.43 bits per heavy atom. The highest BCUT2D eigenvalue weighted by Gasteiger charge is 2.39. The maximum absolute atomic E-state index is 13.1. The van der Waals surface area contributed by atoms with Crippen LogP contribution in [0.25, 0.3) is 0 Å². The Bertz CT molecular complexity index is 659. The van der Waals surface area contributed by atoms with Gasteiger partial charge in [-0.2, -0.15) is 4.31 Å². The average Bonchev–Trinajstić information content (AvgIpc) is 2.37. The molecule has 0 amide bonds. The van der Waals surface area contributed by atoms with Crippen LogP contribution in [0.4, 0.5) is 4.39 Å². The Morgan fingerprint density at radius 2 is 2.10 bits per heavy atom. The van der Waals surface area contributed by atoms with Crippen LogP contribution in [-0.4, -0.2) is 36.4 Å². The van der Waals surface area contributed by atoms with Crippen LogP contribution < -0.4 is 0 Å². The molecule has 5 nitrogen and oxygen atoms in total. The fourth-order valence-corrected chi connectivity index (χ4v) is 4.72. The van der Waals surface area contributed by atoms with Gasteiger partial charge in [0.05, 0.1) is 10.8 Å². The molecule has 116 valence electrons. The fraction of sp³-hybridized carbons (Fsp3) is 0.500. The molecule has 21 heavy (non-hydrogen) atoms. The summed E-state index contributed by atoms with van der Waals surface area (Å²) in [5.74, 6) is -2.20. The van der Waals surface area contributed by atoms with Gasteiger partial charge in [0.15, 0.2) is 0 Å². The Kier molecular flexibility index (Phi) is 4.34. The summed E-state index contributed by atoms with van der Waals surface area (Å²) in [6.45, 7) is 3.41. The molecule has 7 heteroatoms. The van der Waals surface area contributed by atoms with Gasteiger partial charge in [-0.15, -0.1) is 0 Å². The summed E-state index contributed by atoms with van der Waals surface area (Å²) in [7, 11) is -3.82. The van der Waals surface area contributed by atoms with Gasteiger partial charge in [-0.1, -0.05) is 0 Å². The second-order valence-corrected chi connectivity index (χ2v) is 7.21. The number of nitrogens with zero attached hydrogens (tertiary/aromatic N) is 1. The van der Waals surface area contributed by atoms with E-state index in [0.29, 0.717) is 18.4 Å². The summed E-state index contributed by atoms with van der Waals surface area (Å²) in [6, 6.07) is 2.88. The Balaban J connectivity index is 2.41. The molecule has 0 radical (unpaired) electrons. The predicted molar refractivity (Wildman–Crippen MR) is 74.9 cm³/mol. The van der Waals surface area contributed by atoms with E-state index in [1.807, 2.05) is 0 Å². The van der Waals surface area contributed by atoms with Crippen molar-refractivity contribution in [1.29, 1.82) is 0 Å². The minimum atomic E-state index is -3.82. The van der Waals surface area contributed by atoms with E-state index < -0.39 is 33.8 Å². The van der Waals surface area contributed by atoms with Crippen molar-refractivity contribution in [2.75, 3.05) is 6.54 Å². The topological polar surface area (TPSA) is 74.7 Å². The summed E-state index contributed by atoms with van der Waals surface area (Å²) in [5, 5.41) is 9.18. The minimum absolute atomic E-state index is 0.0294. The first kappa shape index (κ1) is 15.9. The molecule has 1 aromatic rings. The molecule has 0 aromatic heterocycles. The van der Waals surface area contributed by atoms with Gasteiger partial charge >= 0.3 is 5.97 Å². The first-order chi connectivity index (χ1) is 9.75. The number of carboxylic acid groups (broad SMARTS) is 1. The second-order valence-electron chi connectivity index (χ2n) is 5.35. The average molecular weight is 315 g/mol. The number of carbonyl (C=O) groups is 1. The van der Waals surface area contributed by atoms with E-state index in [1.165, 1.54) is 17.3 Å². The van der Waals surface area contributed by atoms with Gasteiger partial charge in [-0.05, 0) is 50.5 Å². The van der Waals surface area contributed by atoms with E-state index >= 15 is 0 Å². The van der Waals surface area contributed by atoms with E-state index in [0.717, 1.165) is 12.1 Å². The molecular weight excluding hydrogens is 297 g/mol. The van der Waals surface area contributed by atoms with Crippen molar-refractivity contribution in [3.8, 4) is 0 Å². The highest BCUT2D eigenvalue weighted by Crippen LogP contribution is 2.30. The molecule has 1 aliphatic rings. The van der Waals surface area contributed by atoms with Crippen LogP contribution in [0.3, 0.4) is 0 Å². The third kappa shape index (κ3) is 2.94. The maximum Gasteiger partial charge on any atom is 0.308 e. The number of sulfonamides is 1. The van der Waals surface area contributed by atoms with Crippen LogP contribution in [0.2, 0.25) is 0 Å². The number of rotatable bonds is 3. The lowest BCUT2D eigenvalue weighted by Crippen LogP contribution is -2.49. The Morgan fingerprint density at radius 3 is 2.67 bits per heavy atom. The maximum atomic E-state index is 13.1. The van der Waals surface area contributed by atoms with E-state index in [-0.39, 0.29) is 11.4 Å². The summed E-state index contributed by atoms with van der Waals surface area (Å²) in [5.41, 5.74) is 0.319. The van der Waals surface area contributed by atoms with Gasteiger partial charge in [-0.3, -0.25) is 4.79 Å². The molecule has 2 atom stereocenters. The lowest BCUT2D eigenvalue weighted by Gasteiger charge is -2.36. The lowest BCUT2D eigenvalue weighted by molar-refractivity contribution is -0.144. The predicted octanol–water partition coefficient (Wildman–Crippen LogP) is 2.01. The molecule has 0 aliphatic carbocycles. The number of aliphatic carboxylic acids is 1. The zero-order chi connectivity index (χ0) is 15.8. The molecular formula is C14H18FNO4S. The molecule has 0 unspecified atom stereocenters. The first-order valence-corrected chi connectivity index (χ1v) is 8.20.